The van der Waals surface area contributed by atoms with Gasteiger partial charge >= 0.3 is 6.03 Å². The fourth-order valence-corrected chi connectivity index (χ4v) is 6.24. The minimum Gasteiger partial charge on any atom is -0.494 e. The van der Waals surface area contributed by atoms with Gasteiger partial charge in [-0.1, -0.05) is 34.1 Å². The SMILES string of the molecule is CCC[C@H](NC(=O)[C@@H]1CC(Oc2nccc3cc(OCC)ccc23)CC1C(=O)[C@@H](NC(=O)NC(C)(C)C)C(C)(C)C)C(=O)C(=O)NC1CC1. The topological polar surface area (TPSA) is 165 Å². The van der Waals surface area contributed by atoms with Crippen molar-refractivity contribution < 1.29 is 33.4 Å². The first-order chi connectivity index (χ1) is 23.0. The standard InChI is InChI=1S/C37H53N5O7/c1-9-11-28(30(44)33(46)39-22-12-13-22)40-32(45)27-20-24(49-34-25-15-14-23(48-10-2)18-21(25)16-17-38-34)19-26(27)29(43)31(36(3,4)5)41-35(47)42-37(6,7)8/h14-18,22,24,26-28,31H,9-13,19-20H2,1-8H3,(H,39,46)(H,40,45)(H2,41,42,47)/t24?,26?,27-,28+,31-/m1/s1. The summed E-state index contributed by atoms with van der Waals surface area (Å²) in [6.45, 7) is 15.4. The van der Waals surface area contributed by atoms with Crippen LogP contribution in [-0.2, 0) is 19.2 Å². The third kappa shape index (κ3) is 10.1. The molecule has 2 unspecified atom stereocenters. The molecule has 268 valence electrons. The predicted molar refractivity (Wildman–Crippen MR) is 186 cm³/mol. The van der Waals surface area contributed by atoms with Gasteiger partial charge in [0.05, 0.1) is 24.6 Å². The average molecular weight is 680 g/mol. The molecule has 0 radical (unpaired) electrons. The van der Waals surface area contributed by atoms with E-state index in [1.54, 1.807) is 6.20 Å². The van der Waals surface area contributed by atoms with Crippen molar-refractivity contribution in [1.82, 2.24) is 26.3 Å². The summed E-state index contributed by atoms with van der Waals surface area (Å²) in [7, 11) is 0. The number of hydrogen-bond acceptors (Lipinski definition) is 8. The molecule has 2 aliphatic rings. The zero-order chi connectivity index (χ0) is 36.1. The van der Waals surface area contributed by atoms with Crippen LogP contribution in [0.15, 0.2) is 30.5 Å². The Morgan fingerprint density at radius 3 is 2.24 bits per heavy atom. The van der Waals surface area contributed by atoms with Crippen LogP contribution in [0.3, 0.4) is 0 Å². The van der Waals surface area contributed by atoms with Crippen molar-refractivity contribution in [1.29, 1.82) is 0 Å². The highest BCUT2D eigenvalue weighted by Crippen LogP contribution is 2.39. The van der Waals surface area contributed by atoms with E-state index in [-0.39, 0.29) is 31.1 Å². The maximum atomic E-state index is 14.5. The smallest absolute Gasteiger partial charge is 0.315 e. The molecule has 0 saturated heterocycles. The minimum atomic E-state index is -1.03. The zero-order valence-electron chi connectivity index (χ0n) is 30.1. The van der Waals surface area contributed by atoms with Crippen molar-refractivity contribution >= 4 is 40.2 Å². The maximum absolute atomic E-state index is 14.5. The zero-order valence-corrected chi connectivity index (χ0v) is 30.1. The van der Waals surface area contributed by atoms with Crippen LogP contribution in [0.1, 0.15) is 93.9 Å². The number of rotatable bonds is 14. The molecule has 2 aliphatic carbocycles. The van der Waals surface area contributed by atoms with Gasteiger partial charge in [-0.25, -0.2) is 9.78 Å². The molecule has 12 heteroatoms. The molecule has 0 aliphatic heterocycles. The first-order valence-electron chi connectivity index (χ1n) is 17.5. The maximum Gasteiger partial charge on any atom is 0.315 e. The first kappa shape index (κ1) is 37.6. The molecule has 12 nitrogen and oxygen atoms in total. The molecule has 0 spiro atoms. The Morgan fingerprint density at radius 2 is 1.63 bits per heavy atom. The van der Waals surface area contributed by atoms with Gasteiger partial charge in [0.15, 0.2) is 5.78 Å². The number of hydrogen-bond donors (Lipinski definition) is 4. The van der Waals surface area contributed by atoms with Crippen molar-refractivity contribution in [2.24, 2.45) is 17.3 Å². The van der Waals surface area contributed by atoms with Gasteiger partial charge in [-0.2, -0.15) is 0 Å². The van der Waals surface area contributed by atoms with E-state index in [1.807, 2.05) is 79.7 Å². The largest absolute Gasteiger partial charge is 0.494 e. The van der Waals surface area contributed by atoms with Crippen LogP contribution in [0.2, 0.25) is 0 Å². The predicted octanol–water partition coefficient (Wildman–Crippen LogP) is 4.62. The number of carbonyl (C=O) groups excluding carboxylic acids is 5. The summed E-state index contributed by atoms with van der Waals surface area (Å²) in [6.07, 6.45) is 3.91. The van der Waals surface area contributed by atoms with Crippen LogP contribution in [0.25, 0.3) is 10.8 Å². The van der Waals surface area contributed by atoms with Crippen molar-refractivity contribution in [3.8, 4) is 11.6 Å². The van der Waals surface area contributed by atoms with Gasteiger partial charge < -0.3 is 30.7 Å². The Morgan fingerprint density at radius 1 is 0.939 bits per heavy atom. The van der Waals surface area contributed by atoms with Crippen LogP contribution in [-0.4, -0.2) is 70.8 Å². The van der Waals surface area contributed by atoms with E-state index < -0.39 is 64.6 Å². The molecular formula is C37H53N5O7. The number of carbonyl (C=O) groups is 5. The lowest BCUT2D eigenvalue weighted by Gasteiger charge is -2.34. The normalized spacial score (nSPS) is 20.5. The molecule has 1 aromatic heterocycles. The molecule has 5 atom stereocenters. The number of nitrogens with zero attached hydrogens (tertiary/aromatic N) is 1. The van der Waals surface area contributed by atoms with E-state index in [1.165, 1.54) is 0 Å². The number of ether oxygens (including phenoxy) is 2. The van der Waals surface area contributed by atoms with Crippen LogP contribution in [0.4, 0.5) is 4.79 Å². The third-order valence-corrected chi connectivity index (χ3v) is 8.77. The van der Waals surface area contributed by atoms with Gasteiger partial charge in [-0.05, 0) is 94.9 Å². The number of nitrogens with one attached hydrogen (secondary N) is 4. The highest BCUT2D eigenvalue weighted by Gasteiger charge is 2.49. The fraction of sp³-hybridized carbons (Fsp3) is 0.622. The molecule has 1 aromatic carbocycles. The third-order valence-electron chi connectivity index (χ3n) is 8.77. The highest BCUT2D eigenvalue weighted by atomic mass is 16.5. The second-order valence-corrected chi connectivity index (χ2v) is 15.4. The Hall–Kier alpha value is -4.22. The second-order valence-electron chi connectivity index (χ2n) is 15.4. The lowest BCUT2D eigenvalue weighted by molar-refractivity contribution is -0.141. The Kier molecular flexibility index (Phi) is 11.9. The summed E-state index contributed by atoms with van der Waals surface area (Å²) in [6, 6.07) is 5.00. The number of ketones is 2. The van der Waals surface area contributed by atoms with E-state index >= 15 is 0 Å². The molecule has 2 saturated carbocycles. The van der Waals surface area contributed by atoms with Crippen molar-refractivity contribution in [3.05, 3.63) is 30.5 Å². The lowest BCUT2D eigenvalue weighted by Crippen LogP contribution is -2.57. The Balaban J connectivity index is 1.63. The highest BCUT2D eigenvalue weighted by molar-refractivity contribution is 6.38. The van der Waals surface area contributed by atoms with Crippen LogP contribution < -0.4 is 30.7 Å². The lowest BCUT2D eigenvalue weighted by atomic mass is 9.77. The van der Waals surface area contributed by atoms with Gasteiger partial charge in [0, 0.05) is 29.1 Å². The summed E-state index contributed by atoms with van der Waals surface area (Å²) in [5, 5.41) is 12.9. The van der Waals surface area contributed by atoms with Gasteiger partial charge in [0.2, 0.25) is 17.6 Å². The molecule has 4 rings (SSSR count). The fourth-order valence-electron chi connectivity index (χ4n) is 6.24. The van der Waals surface area contributed by atoms with Gasteiger partial charge in [-0.3, -0.25) is 19.2 Å². The molecule has 49 heavy (non-hydrogen) atoms. The molecular weight excluding hydrogens is 626 g/mol. The van der Waals surface area contributed by atoms with Crippen molar-refractivity contribution in [3.63, 3.8) is 0 Å². The monoisotopic (exact) mass is 679 g/mol. The molecule has 2 aromatic rings. The van der Waals surface area contributed by atoms with Crippen molar-refractivity contribution in [2.45, 2.75) is 124 Å². The summed E-state index contributed by atoms with van der Waals surface area (Å²) >= 11 is 0. The molecule has 2 fully saturated rings. The quantitative estimate of drug-likeness (QED) is 0.210. The van der Waals surface area contributed by atoms with E-state index in [4.69, 9.17) is 9.47 Å². The Labute approximate surface area is 289 Å². The molecule has 1 heterocycles. The van der Waals surface area contributed by atoms with Crippen molar-refractivity contribution in [2.75, 3.05) is 6.61 Å². The van der Waals surface area contributed by atoms with Gasteiger partial charge in [0.1, 0.15) is 11.9 Å². The molecule has 4 amide bonds. The number of aromatic nitrogens is 1. The Bertz CT molecular complexity index is 1540. The number of fused-ring (bicyclic) bond motifs is 1. The molecule has 4 N–H and O–H groups in total. The number of Topliss-reactive ketones (excluding diaryl/α,β-unsaturated/α-hetero) is 2. The number of pyridine rings is 1. The number of amides is 4. The number of urea groups is 1. The average Bonchev–Trinajstić information content (AvgIpc) is 3.73. The van der Waals surface area contributed by atoms with Crippen LogP contribution >= 0.6 is 0 Å². The first-order valence-corrected chi connectivity index (χ1v) is 17.5. The summed E-state index contributed by atoms with van der Waals surface area (Å²) < 4.78 is 12.1. The molecule has 0 bridgehead atoms. The van der Waals surface area contributed by atoms with E-state index in [0.29, 0.717) is 24.7 Å². The number of benzene rings is 1. The van der Waals surface area contributed by atoms with Gasteiger partial charge in [0.25, 0.3) is 5.91 Å². The minimum absolute atomic E-state index is 0.00470. The van der Waals surface area contributed by atoms with E-state index in [9.17, 15) is 24.0 Å². The van der Waals surface area contributed by atoms with Crippen LogP contribution in [0, 0.1) is 17.3 Å². The van der Waals surface area contributed by atoms with Gasteiger partial charge in [-0.15, -0.1) is 0 Å². The van der Waals surface area contributed by atoms with Crippen LogP contribution in [0.5, 0.6) is 11.6 Å². The van der Waals surface area contributed by atoms with E-state index in [0.717, 1.165) is 23.6 Å². The summed E-state index contributed by atoms with van der Waals surface area (Å²) in [5.74, 6) is -2.87. The van der Waals surface area contributed by atoms with E-state index in [2.05, 4.69) is 26.3 Å². The summed E-state index contributed by atoms with van der Waals surface area (Å²) in [4.78, 5) is 71.8. The summed E-state index contributed by atoms with van der Waals surface area (Å²) in [5.41, 5.74) is -1.23. The second kappa shape index (κ2) is 15.6.